The van der Waals surface area contributed by atoms with Crippen LogP contribution in [0.25, 0.3) is 0 Å². The molecule has 2 heterocycles. The summed E-state index contributed by atoms with van der Waals surface area (Å²) in [5.74, 6) is 0.523. The average Bonchev–Trinajstić information content (AvgIpc) is 2.88. The van der Waals surface area contributed by atoms with Crippen molar-refractivity contribution >= 4 is 17.2 Å². The van der Waals surface area contributed by atoms with E-state index in [4.69, 9.17) is 14.2 Å². The molecule has 9 heteroatoms. The Morgan fingerprint density at radius 3 is 2.44 bits per heavy atom. The Kier molecular flexibility index (Phi) is 7.48. The lowest BCUT2D eigenvalue weighted by Crippen LogP contribution is -2.06. The Labute approximate surface area is 208 Å². The Balaban J connectivity index is 1.52. The van der Waals surface area contributed by atoms with Gasteiger partial charge in [0.1, 0.15) is 17.3 Å². The number of aryl methyl sites for hydroxylation is 1. The first kappa shape index (κ1) is 24.7. The van der Waals surface area contributed by atoms with E-state index >= 15 is 4.39 Å². The topological polar surface area (TPSA) is 77.5 Å². The zero-order valence-electron chi connectivity index (χ0n) is 20.4. The first-order chi connectivity index (χ1) is 17.4. The number of hydrogen-bond acceptors (Lipinski definition) is 7. The first-order valence-corrected chi connectivity index (χ1v) is 11.1. The van der Waals surface area contributed by atoms with Gasteiger partial charge in [0.25, 0.3) is 0 Å². The van der Waals surface area contributed by atoms with Crippen LogP contribution in [0.1, 0.15) is 16.7 Å². The molecule has 2 N–H and O–H groups in total. The number of rotatable bonds is 9. The number of anilines is 3. The van der Waals surface area contributed by atoms with Crippen molar-refractivity contribution < 1.29 is 23.0 Å². The van der Waals surface area contributed by atoms with Gasteiger partial charge in [0.2, 0.25) is 5.82 Å². The van der Waals surface area contributed by atoms with Crippen LogP contribution in [0.4, 0.5) is 26.0 Å². The Morgan fingerprint density at radius 1 is 0.861 bits per heavy atom. The molecule has 0 fully saturated rings. The third-order valence-corrected chi connectivity index (χ3v) is 5.58. The Bertz CT molecular complexity index is 1380. The fourth-order valence-electron chi connectivity index (χ4n) is 3.52. The van der Waals surface area contributed by atoms with E-state index in [2.05, 4.69) is 20.6 Å². The predicted octanol–water partition coefficient (Wildman–Crippen LogP) is 6.54. The Hall–Kier alpha value is -4.40. The molecule has 4 aromatic rings. The van der Waals surface area contributed by atoms with E-state index in [1.165, 1.54) is 24.5 Å². The highest BCUT2D eigenvalue weighted by atomic mass is 19.1. The van der Waals surface area contributed by atoms with Gasteiger partial charge in [0.05, 0.1) is 38.0 Å². The Morgan fingerprint density at radius 2 is 1.69 bits per heavy atom. The zero-order valence-corrected chi connectivity index (χ0v) is 20.4. The first-order valence-electron chi connectivity index (χ1n) is 11.1. The van der Waals surface area contributed by atoms with Gasteiger partial charge in [-0.2, -0.15) is 4.39 Å². The highest BCUT2D eigenvalue weighted by Crippen LogP contribution is 2.34. The van der Waals surface area contributed by atoms with E-state index in [-0.39, 0.29) is 23.9 Å². The van der Waals surface area contributed by atoms with E-state index in [9.17, 15) is 4.39 Å². The molecule has 0 aliphatic carbocycles. The molecule has 0 radical (unpaired) electrons. The maximum atomic E-state index is 15.2. The van der Waals surface area contributed by atoms with Crippen molar-refractivity contribution in [1.82, 2.24) is 9.97 Å². The molecule has 0 spiro atoms. The maximum Gasteiger partial charge on any atom is 0.207 e. The molecule has 0 saturated heterocycles. The van der Waals surface area contributed by atoms with Gasteiger partial charge in [-0.3, -0.25) is 4.98 Å². The molecule has 36 heavy (non-hydrogen) atoms. The van der Waals surface area contributed by atoms with Crippen molar-refractivity contribution in [1.29, 1.82) is 0 Å². The summed E-state index contributed by atoms with van der Waals surface area (Å²) in [6.45, 7) is 3.86. The van der Waals surface area contributed by atoms with Crippen molar-refractivity contribution in [3.8, 4) is 23.0 Å². The van der Waals surface area contributed by atoms with Crippen LogP contribution in [0.5, 0.6) is 23.0 Å². The van der Waals surface area contributed by atoms with Crippen LogP contribution >= 0.6 is 0 Å². The predicted molar refractivity (Wildman–Crippen MR) is 135 cm³/mol. The highest BCUT2D eigenvalue weighted by Gasteiger charge is 2.16. The van der Waals surface area contributed by atoms with Crippen LogP contribution in [-0.2, 0) is 6.54 Å². The standard InChI is InChI=1S/C27H26F2N4O3/c1-16-5-8-21(20(28)11-16)33-22-14-30-15-25(17(22)2)36-23-9-10-31-27(26(23)29)32-13-18-6-7-19(34-3)12-24(18)35-4/h5-12,14-15,33H,13H2,1-4H3,(H,31,32). The number of nitrogens with one attached hydrogen (secondary N) is 2. The molecular weight excluding hydrogens is 466 g/mol. The van der Waals surface area contributed by atoms with Crippen LogP contribution in [0.15, 0.2) is 61.1 Å². The smallest absolute Gasteiger partial charge is 0.207 e. The van der Waals surface area contributed by atoms with Gasteiger partial charge in [-0.15, -0.1) is 0 Å². The van der Waals surface area contributed by atoms with Gasteiger partial charge in [0.15, 0.2) is 17.3 Å². The summed E-state index contributed by atoms with van der Waals surface area (Å²) < 4.78 is 46.0. The lowest BCUT2D eigenvalue weighted by atomic mass is 10.2. The number of halogens is 2. The molecule has 0 atom stereocenters. The van der Waals surface area contributed by atoms with Crippen LogP contribution < -0.4 is 24.8 Å². The molecule has 0 amide bonds. The van der Waals surface area contributed by atoms with Crippen molar-refractivity contribution in [2.75, 3.05) is 24.9 Å². The summed E-state index contributed by atoms with van der Waals surface area (Å²) in [6, 6.07) is 11.7. The minimum atomic E-state index is -0.660. The van der Waals surface area contributed by atoms with E-state index < -0.39 is 5.82 Å². The summed E-state index contributed by atoms with van der Waals surface area (Å²) in [5, 5.41) is 6.00. The lowest BCUT2D eigenvalue weighted by Gasteiger charge is -2.16. The second-order valence-electron chi connectivity index (χ2n) is 8.02. The van der Waals surface area contributed by atoms with Crippen molar-refractivity contribution in [3.63, 3.8) is 0 Å². The monoisotopic (exact) mass is 492 g/mol. The molecule has 186 valence electrons. The highest BCUT2D eigenvalue weighted by molar-refractivity contribution is 5.65. The lowest BCUT2D eigenvalue weighted by molar-refractivity contribution is 0.391. The van der Waals surface area contributed by atoms with Gasteiger partial charge >= 0.3 is 0 Å². The normalized spacial score (nSPS) is 10.6. The number of nitrogens with zero attached hydrogens (tertiary/aromatic N) is 2. The van der Waals surface area contributed by atoms with Crippen LogP contribution in [-0.4, -0.2) is 24.2 Å². The number of pyridine rings is 2. The largest absolute Gasteiger partial charge is 0.497 e. The minimum absolute atomic E-state index is 0.0204. The van der Waals surface area contributed by atoms with Crippen LogP contribution in [0.3, 0.4) is 0 Å². The quantitative estimate of drug-likeness (QED) is 0.275. The molecule has 7 nitrogen and oxygen atoms in total. The third-order valence-electron chi connectivity index (χ3n) is 5.58. The molecule has 0 saturated carbocycles. The van der Waals surface area contributed by atoms with E-state index in [1.807, 2.05) is 13.0 Å². The van der Waals surface area contributed by atoms with Gasteiger partial charge in [0, 0.05) is 36.0 Å². The fraction of sp³-hybridized carbons (Fsp3) is 0.185. The molecule has 0 aliphatic heterocycles. The van der Waals surface area contributed by atoms with Gasteiger partial charge < -0.3 is 24.8 Å². The summed E-state index contributed by atoms with van der Waals surface area (Å²) in [7, 11) is 3.12. The number of ether oxygens (including phenoxy) is 3. The van der Waals surface area contributed by atoms with Crippen LogP contribution in [0, 0.1) is 25.5 Å². The van der Waals surface area contributed by atoms with Crippen LogP contribution in [0.2, 0.25) is 0 Å². The van der Waals surface area contributed by atoms with Gasteiger partial charge in [-0.05, 0) is 43.7 Å². The summed E-state index contributed by atoms with van der Waals surface area (Å²) in [6.07, 6.45) is 4.47. The second kappa shape index (κ2) is 10.9. The van der Waals surface area contributed by atoms with Crippen molar-refractivity contribution in [3.05, 3.63) is 89.4 Å². The minimum Gasteiger partial charge on any atom is -0.497 e. The SMILES string of the molecule is COc1ccc(CNc2nccc(Oc3cncc(Nc4ccc(C)cc4F)c3C)c2F)c(OC)c1. The molecule has 2 aromatic heterocycles. The molecule has 2 aromatic carbocycles. The van der Waals surface area contributed by atoms with Crippen molar-refractivity contribution in [2.24, 2.45) is 0 Å². The van der Waals surface area contributed by atoms with E-state index in [0.717, 1.165) is 11.1 Å². The summed E-state index contributed by atoms with van der Waals surface area (Å²) in [5.41, 5.74) is 3.09. The van der Waals surface area contributed by atoms with E-state index in [0.29, 0.717) is 34.2 Å². The fourth-order valence-corrected chi connectivity index (χ4v) is 3.52. The maximum absolute atomic E-state index is 15.2. The second-order valence-corrected chi connectivity index (χ2v) is 8.02. The number of methoxy groups -OCH3 is 2. The third kappa shape index (κ3) is 5.46. The molecular formula is C27H26F2N4O3. The van der Waals surface area contributed by atoms with Crippen molar-refractivity contribution in [2.45, 2.75) is 20.4 Å². The molecule has 0 bridgehead atoms. The number of hydrogen-bond donors (Lipinski definition) is 2. The average molecular weight is 493 g/mol. The summed E-state index contributed by atoms with van der Waals surface area (Å²) in [4.78, 5) is 8.25. The molecule has 0 aliphatic rings. The molecule has 0 unspecified atom stereocenters. The number of aromatic nitrogens is 2. The zero-order chi connectivity index (χ0) is 25.7. The summed E-state index contributed by atoms with van der Waals surface area (Å²) >= 11 is 0. The van der Waals surface area contributed by atoms with Gasteiger partial charge in [-0.1, -0.05) is 6.07 Å². The van der Waals surface area contributed by atoms with Gasteiger partial charge in [-0.25, -0.2) is 9.37 Å². The van der Waals surface area contributed by atoms with E-state index in [1.54, 1.807) is 51.6 Å². The molecule has 4 rings (SSSR count). The number of benzene rings is 2.